The number of aryl methyl sites for hydroxylation is 2. The third-order valence-corrected chi connectivity index (χ3v) is 7.73. The van der Waals surface area contributed by atoms with Crippen LogP contribution in [0.4, 0.5) is 5.69 Å². The lowest BCUT2D eigenvalue weighted by molar-refractivity contribution is -0.128. The molecule has 1 aliphatic heterocycles. The van der Waals surface area contributed by atoms with Gasteiger partial charge in [-0.25, -0.2) is 4.79 Å². The van der Waals surface area contributed by atoms with E-state index in [4.69, 9.17) is 11.6 Å². The molecule has 35 heavy (non-hydrogen) atoms. The summed E-state index contributed by atoms with van der Waals surface area (Å²) in [6.07, 6.45) is 0. The minimum atomic E-state index is -0.245. The second-order valence-corrected chi connectivity index (χ2v) is 10.00. The van der Waals surface area contributed by atoms with Crippen LogP contribution < -0.4 is 11.0 Å². The molecule has 1 N–H and O–H groups in total. The van der Waals surface area contributed by atoms with Gasteiger partial charge >= 0.3 is 5.69 Å². The first-order chi connectivity index (χ1) is 16.8. The summed E-state index contributed by atoms with van der Waals surface area (Å²) < 4.78 is 3.12. The first-order valence-corrected chi connectivity index (χ1v) is 12.5. The fourth-order valence-electron chi connectivity index (χ4n) is 4.27. The van der Waals surface area contributed by atoms with Crippen LogP contribution in [0.2, 0.25) is 5.02 Å². The van der Waals surface area contributed by atoms with E-state index >= 15 is 0 Å². The van der Waals surface area contributed by atoms with Crippen LogP contribution in [0.25, 0.3) is 11.0 Å². The van der Waals surface area contributed by atoms with Crippen molar-refractivity contribution in [2.75, 3.05) is 11.1 Å². The predicted molar refractivity (Wildman–Crippen MR) is 140 cm³/mol. The minimum Gasteiger partial charge on any atom is -0.322 e. The van der Waals surface area contributed by atoms with Crippen molar-refractivity contribution in [3.63, 3.8) is 0 Å². The number of thioether (sulfide) groups is 1. The molecule has 3 aromatic carbocycles. The lowest BCUT2D eigenvalue weighted by atomic mass is 10.1. The molecule has 2 heterocycles. The van der Waals surface area contributed by atoms with Crippen LogP contribution in [0.3, 0.4) is 0 Å². The van der Waals surface area contributed by atoms with E-state index in [0.29, 0.717) is 28.6 Å². The van der Waals surface area contributed by atoms with Gasteiger partial charge in [-0.15, -0.1) is 11.8 Å². The van der Waals surface area contributed by atoms with Gasteiger partial charge in [0, 0.05) is 36.9 Å². The highest BCUT2D eigenvalue weighted by atomic mass is 35.5. The molecule has 1 aliphatic rings. The maximum Gasteiger partial charge on any atom is 0.328 e. The van der Waals surface area contributed by atoms with Crippen molar-refractivity contribution in [1.29, 1.82) is 0 Å². The maximum atomic E-state index is 12.9. The number of fused-ring (bicyclic) bond motifs is 1. The zero-order chi connectivity index (χ0) is 24.7. The summed E-state index contributed by atoms with van der Waals surface area (Å²) >= 11 is 7.56. The van der Waals surface area contributed by atoms with Gasteiger partial charge in [-0.1, -0.05) is 35.9 Å². The maximum absolute atomic E-state index is 12.9. The summed E-state index contributed by atoms with van der Waals surface area (Å²) in [5.41, 5.74) is 4.52. The summed E-state index contributed by atoms with van der Waals surface area (Å²) in [4.78, 5) is 39.4. The van der Waals surface area contributed by atoms with Crippen LogP contribution in [0, 0.1) is 0 Å². The zero-order valence-corrected chi connectivity index (χ0v) is 20.8. The third-order valence-electron chi connectivity index (χ3n) is 6.22. The molecule has 0 radical (unpaired) electrons. The molecular formula is C26H23ClN4O3S. The van der Waals surface area contributed by atoms with Crippen LogP contribution in [-0.2, 0) is 25.4 Å². The van der Waals surface area contributed by atoms with E-state index in [1.807, 2.05) is 47.4 Å². The summed E-state index contributed by atoms with van der Waals surface area (Å²) in [6.45, 7) is 0.500. The van der Waals surface area contributed by atoms with Crippen molar-refractivity contribution in [3.8, 4) is 0 Å². The van der Waals surface area contributed by atoms with Crippen LogP contribution in [0.15, 0.2) is 71.5 Å². The molecule has 7 nitrogen and oxygen atoms in total. The van der Waals surface area contributed by atoms with Crippen molar-refractivity contribution in [1.82, 2.24) is 14.0 Å². The van der Waals surface area contributed by atoms with Gasteiger partial charge in [0.2, 0.25) is 5.91 Å². The van der Waals surface area contributed by atoms with Gasteiger partial charge in [0.1, 0.15) is 5.37 Å². The molecule has 178 valence electrons. The smallest absolute Gasteiger partial charge is 0.322 e. The highest BCUT2D eigenvalue weighted by molar-refractivity contribution is 8.00. The number of carbonyl (C=O) groups excluding carboxylic acids is 2. The Morgan fingerprint density at radius 1 is 0.971 bits per heavy atom. The summed E-state index contributed by atoms with van der Waals surface area (Å²) in [5, 5.41) is 3.45. The number of anilines is 1. The summed E-state index contributed by atoms with van der Waals surface area (Å²) in [7, 11) is 3.42. The summed E-state index contributed by atoms with van der Waals surface area (Å²) in [6, 6.07) is 20.2. The van der Waals surface area contributed by atoms with Crippen LogP contribution in [-0.4, -0.2) is 31.6 Å². The van der Waals surface area contributed by atoms with Gasteiger partial charge in [-0.2, -0.15) is 0 Å². The van der Waals surface area contributed by atoms with E-state index in [2.05, 4.69) is 5.32 Å². The first kappa shape index (κ1) is 23.3. The second kappa shape index (κ2) is 9.28. The molecule has 1 atom stereocenters. The van der Waals surface area contributed by atoms with Crippen LogP contribution >= 0.6 is 23.4 Å². The second-order valence-electron chi connectivity index (χ2n) is 8.49. The van der Waals surface area contributed by atoms with E-state index in [9.17, 15) is 14.4 Å². The molecule has 1 aromatic heterocycles. The quantitative estimate of drug-likeness (QED) is 0.430. The summed E-state index contributed by atoms with van der Waals surface area (Å²) in [5.74, 6) is 0.262. The average molecular weight is 507 g/mol. The molecule has 1 fully saturated rings. The van der Waals surface area contributed by atoms with Gasteiger partial charge in [0.05, 0.1) is 16.8 Å². The fourth-order valence-corrected chi connectivity index (χ4v) is 5.59. The number of halogens is 1. The van der Waals surface area contributed by atoms with Gasteiger partial charge in [-0.3, -0.25) is 18.7 Å². The Hall–Kier alpha value is -3.49. The van der Waals surface area contributed by atoms with Crippen molar-refractivity contribution < 1.29 is 9.59 Å². The molecule has 0 spiro atoms. The zero-order valence-electron chi connectivity index (χ0n) is 19.2. The minimum absolute atomic E-state index is 0.0856. The Labute approximate surface area is 211 Å². The van der Waals surface area contributed by atoms with E-state index in [1.54, 1.807) is 59.3 Å². The number of nitrogens with one attached hydrogen (secondary N) is 1. The number of hydrogen-bond donors (Lipinski definition) is 1. The predicted octanol–water partition coefficient (Wildman–Crippen LogP) is 4.56. The SMILES string of the molecule is Cn1c(=O)n(C)c2cc(NC(=O)c3ccc([C@H]4SCC(=O)N4Cc4ccc(Cl)cc4)cc3)ccc21. The van der Waals surface area contributed by atoms with Gasteiger partial charge in [0.25, 0.3) is 5.91 Å². The van der Waals surface area contributed by atoms with Gasteiger partial charge in [-0.05, 0) is 53.6 Å². The monoisotopic (exact) mass is 506 g/mol. The van der Waals surface area contributed by atoms with Gasteiger partial charge < -0.3 is 10.2 Å². The van der Waals surface area contributed by atoms with E-state index < -0.39 is 0 Å². The number of rotatable bonds is 5. The number of imidazole rings is 1. The Bertz CT molecular complexity index is 1490. The number of hydrogen-bond acceptors (Lipinski definition) is 4. The first-order valence-electron chi connectivity index (χ1n) is 11.0. The molecule has 4 aromatic rings. The van der Waals surface area contributed by atoms with Crippen molar-refractivity contribution in [3.05, 3.63) is 98.9 Å². The number of benzene rings is 3. The van der Waals surface area contributed by atoms with E-state index in [0.717, 1.165) is 22.2 Å². The average Bonchev–Trinajstić information content (AvgIpc) is 3.33. The standard InChI is InChI=1S/C26H23ClN4O3S/c1-29-21-12-11-20(13-22(21)30(2)26(29)34)28-24(33)17-5-7-18(8-6-17)25-31(23(32)15-35-25)14-16-3-9-19(27)10-4-16/h3-13,25H,14-15H2,1-2H3,(H,28,33)/t25-/m1/s1. The number of amides is 2. The lowest BCUT2D eigenvalue weighted by Gasteiger charge is -2.24. The number of aromatic nitrogens is 2. The molecule has 2 amide bonds. The fraction of sp³-hybridized carbons (Fsp3) is 0.192. The molecule has 1 saturated heterocycles. The molecule has 9 heteroatoms. The lowest BCUT2D eigenvalue weighted by Crippen LogP contribution is -2.27. The third kappa shape index (κ3) is 4.47. The number of nitrogens with zero attached hydrogens (tertiary/aromatic N) is 3. The molecule has 0 saturated carbocycles. The number of carbonyl (C=O) groups is 2. The highest BCUT2D eigenvalue weighted by Gasteiger charge is 2.32. The molecule has 0 unspecified atom stereocenters. The van der Waals surface area contributed by atoms with Crippen molar-refractivity contribution in [2.45, 2.75) is 11.9 Å². The largest absolute Gasteiger partial charge is 0.328 e. The molecule has 5 rings (SSSR count). The Morgan fingerprint density at radius 3 is 2.37 bits per heavy atom. The molecular weight excluding hydrogens is 484 g/mol. The Morgan fingerprint density at radius 2 is 1.66 bits per heavy atom. The van der Waals surface area contributed by atoms with Crippen LogP contribution in [0.5, 0.6) is 0 Å². The Balaban J connectivity index is 1.31. The normalized spacial score (nSPS) is 15.7. The van der Waals surface area contributed by atoms with Crippen LogP contribution in [0.1, 0.15) is 26.9 Å². The van der Waals surface area contributed by atoms with E-state index in [-0.39, 0.29) is 22.9 Å². The topological polar surface area (TPSA) is 76.3 Å². The van der Waals surface area contributed by atoms with Crippen molar-refractivity contribution in [2.24, 2.45) is 14.1 Å². The van der Waals surface area contributed by atoms with Gasteiger partial charge in [0.15, 0.2) is 0 Å². The molecule has 0 bridgehead atoms. The van der Waals surface area contributed by atoms with E-state index in [1.165, 1.54) is 0 Å². The Kier molecular flexibility index (Phi) is 6.17. The highest BCUT2D eigenvalue weighted by Crippen LogP contribution is 2.39. The van der Waals surface area contributed by atoms with Crippen molar-refractivity contribution >= 4 is 51.9 Å². The molecule has 0 aliphatic carbocycles.